The van der Waals surface area contributed by atoms with Crippen LogP contribution in [0.2, 0.25) is 0 Å². The molecule has 0 saturated heterocycles. The highest BCUT2D eigenvalue weighted by atomic mass is 16.6. The number of hydrogen-bond acceptors (Lipinski definition) is 5. The lowest BCUT2D eigenvalue weighted by Crippen LogP contribution is -2.27. The average Bonchev–Trinajstić information content (AvgIpc) is 3.08. The van der Waals surface area contributed by atoms with Gasteiger partial charge < -0.3 is 14.8 Å². The Morgan fingerprint density at radius 2 is 1.93 bits per heavy atom. The predicted molar refractivity (Wildman–Crippen MR) is 102 cm³/mol. The number of methoxy groups -OCH3 is 1. The fourth-order valence-corrected chi connectivity index (χ4v) is 2.55. The number of carbonyl (C=O) groups is 2. The van der Waals surface area contributed by atoms with Crippen molar-refractivity contribution in [2.24, 2.45) is 0 Å². The number of aromatic nitrogens is 2. The van der Waals surface area contributed by atoms with Crippen LogP contribution in [0, 0.1) is 0 Å². The number of benzene rings is 2. The van der Waals surface area contributed by atoms with Crippen LogP contribution in [-0.2, 0) is 9.53 Å². The number of H-pyrrole nitrogens is 1. The molecule has 0 bridgehead atoms. The van der Waals surface area contributed by atoms with Crippen LogP contribution >= 0.6 is 0 Å². The Labute approximate surface area is 155 Å². The van der Waals surface area contributed by atoms with Gasteiger partial charge in [-0.3, -0.25) is 10.4 Å². The van der Waals surface area contributed by atoms with E-state index in [1.165, 1.54) is 7.11 Å². The number of fused-ring (bicyclic) bond motifs is 1. The van der Waals surface area contributed by atoms with Crippen LogP contribution in [0.15, 0.2) is 48.5 Å². The van der Waals surface area contributed by atoms with Gasteiger partial charge in [0.15, 0.2) is 11.9 Å². The summed E-state index contributed by atoms with van der Waals surface area (Å²) in [7, 11) is 1.32. The SMILES string of the molecule is CCC(Oc1ccc2c(NC(=O)Nc3ccccc3)n[nH]c2c1)C(=O)OC. The predicted octanol–water partition coefficient (Wildman–Crippen LogP) is 3.54. The lowest BCUT2D eigenvalue weighted by atomic mass is 10.2. The van der Waals surface area contributed by atoms with Crippen molar-refractivity contribution in [3.05, 3.63) is 48.5 Å². The molecule has 2 aromatic carbocycles. The van der Waals surface area contributed by atoms with Crippen LogP contribution in [0.1, 0.15) is 13.3 Å². The maximum atomic E-state index is 12.1. The van der Waals surface area contributed by atoms with Crippen LogP contribution in [0.4, 0.5) is 16.3 Å². The van der Waals surface area contributed by atoms with Crippen molar-refractivity contribution in [2.45, 2.75) is 19.4 Å². The van der Waals surface area contributed by atoms with Crippen molar-refractivity contribution in [1.82, 2.24) is 10.2 Å². The number of urea groups is 1. The molecule has 2 amide bonds. The van der Waals surface area contributed by atoms with Gasteiger partial charge in [0.2, 0.25) is 0 Å². The van der Waals surface area contributed by atoms with Gasteiger partial charge in [0.05, 0.1) is 12.6 Å². The van der Waals surface area contributed by atoms with Gasteiger partial charge in [-0.2, -0.15) is 5.10 Å². The summed E-state index contributed by atoms with van der Waals surface area (Å²) in [5, 5.41) is 13.1. The molecule has 0 saturated carbocycles. The van der Waals surface area contributed by atoms with Crippen LogP contribution in [0.25, 0.3) is 10.9 Å². The Hall–Kier alpha value is -3.55. The molecule has 1 aromatic heterocycles. The van der Waals surface area contributed by atoms with E-state index in [1.807, 2.05) is 25.1 Å². The molecule has 0 fully saturated rings. The summed E-state index contributed by atoms with van der Waals surface area (Å²) in [6.45, 7) is 1.84. The Kier molecular flexibility index (Phi) is 5.55. The number of nitrogens with zero attached hydrogens (tertiary/aromatic N) is 1. The summed E-state index contributed by atoms with van der Waals surface area (Å²) in [6, 6.07) is 13.9. The molecule has 8 heteroatoms. The molecule has 8 nitrogen and oxygen atoms in total. The zero-order chi connectivity index (χ0) is 19.2. The zero-order valence-corrected chi connectivity index (χ0v) is 15.0. The van der Waals surface area contributed by atoms with Gasteiger partial charge in [0.1, 0.15) is 5.75 Å². The van der Waals surface area contributed by atoms with Gasteiger partial charge in [-0.25, -0.2) is 9.59 Å². The number of esters is 1. The fraction of sp³-hybridized carbons (Fsp3) is 0.211. The van der Waals surface area contributed by atoms with E-state index in [-0.39, 0.29) is 0 Å². The smallest absolute Gasteiger partial charge is 0.347 e. The number of rotatable bonds is 6. The second-order valence-corrected chi connectivity index (χ2v) is 5.76. The van der Waals surface area contributed by atoms with E-state index in [4.69, 9.17) is 9.47 Å². The lowest BCUT2D eigenvalue weighted by molar-refractivity contribution is -0.148. The highest BCUT2D eigenvalue weighted by molar-refractivity contribution is 6.04. The van der Waals surface area contributed by atoms with E-state index in [0.717, 1.165) is 5.39 Å². The molecule has 3 aromatic rings. The summed E-state index contributed by atoms with van der Waals surface area (Å²) in [5.74, 6) is 0.468. The van der Waals surface area contributed by atoms with Crippen molar-refractivity contribution in [3.8, 4) is 5.75 Å². The van der Waals surface area contributed by atoms with Gasteiger partial charge in [0, 0.05) is 17.1 Å². The molecule has 0 aliphatic rings. The first-order valence-corrected chi connectivity index (χ1v) is 8.46. The number of aromatic amines is 1. The maximum absolute atomic E-state index is 12.1. The second kappa shape index (κ2) is 8.22. The monoisotopic (exact) mass is 368 g/mol. The minimum atomic E-state index is -0.676. The molecule has 0 aliphatic heterocycles. The summed E-state index contributed by atoms with van der Waals surface area (Å²) in [6.07, 6.45) is -0.190. The Bertz CT molecular complexity index is 939. The number of carbonyl (C=O) groups excluding carboxylic acids is 2. The van der Waals surface area contributed by atoms with Crippen molar-refractivity contribution in [1.29, 1.82) is 0 Å². The molecular formula is C19H20N4O4. The van der Waals surface area contributed by atoms with Crippen LogP contribution < -0.4 is 15.4 Å². The lowest BCUT2D eigenvalue weighted by Gasteiger charge is -2.15. The maximum Gasteiger partial charge on any atom is 0.347 e. The van der Waals surface area contributed by atoms with Gasteiger partial charge in [-0.1, -0.05) is 25.1 Å². The Balaban J connectivity index is 1.71. The first kappa shape index (κ1) is 18.2. The van der Waals surface area contributed by atoms with Crippen molar-refractivity contribution in [3.63, 3.8) is 0 Å². The summed E-state index contributed by atoms with van der Waals surface area (Å²) < 4.78 is 10.4. The highest BCUT2D eigenvalue weighted by Crippen LogP contribution is 2.26. The summed E-state index contributed by atoms with van der Waals surface area (Å²) >= 11 is 0. The Morgan fingerprint density at radius 3 is 2.63 bits per heavy atom. The number of anilines is 2. The standard InChI is InChI=1S/C19H20N4O4/c1-3-16(18(24)26-2)27-13-9-10-14-15(11-13)22-23-17(14)21-19(25)20-12-7-5-4-6-8-12/h4-11,16H,3H2,1-2H3,(H3,20,21,22,23,25). The van der Waals surface area contributed by atoms with Crippen molar-refractivity contribution >= 4 is 34.4 Å². The van der Waals surface area contributed by atoms with Gasteiger partial charge >= 0.3 is 12.0 Å². The van der Waals surface area contributed by atoms with Crippen LogP contribution in [-0.4, -0.2) is 35.4 Å². The number of ether oxygens (including phenoxy) is 2. The molecule has 0 spiro atoms. The fourth-order valence-electron chi connectivity index (χ4n) is 2.55. The molecule has 27 heavy (non-hydrogen) atoms. The molecule has 140 valence electrons. The number of amides is 2. The van der Waals surface area contributed by atoms with E-state index < -0.39 is 18.1 Å². The van der Waals surface area contributed by atoms with E-state index in [1.54, 1.807) is 30.3 Å². The van der Waals surface area contributed by atoms with Gasteiger partial charge in [-0.15, -0.1) is 0 Å². The number of para-hydroxylation sites is 1. The Morgan fingerprint density at radius 1 is 1.15 bits per heavy atom. The minimum Gasteiger partial charge on any atom is -0.479 e. The second-order valence-electron chi connectivity index (χ2n) is 5.76. The van der Waals surface area contributed by atoms with Crippen molar-refractivity contribution in [2.75, 3.05) is 17.7 Å². The quantitative estimate of drug-likeness (QED) is 0.577. The molecular weight excluding hydrogens is 348 g/mol. The normalized spacial score (nSPS) is 11.6. The summed E-state index contributed by atoms with van der Waals surface area (Å²) in [4.78, 5) is 23.8. The third-order valence-electron chi connectivity index (χ3n) is 3.91. The minimum absolute atomic E-state index is 0.394. The number of nitrogens with one attached hydrogen (secondary N) is 3. The van der Waals surface area contributed by atoms with E-state index >= 15 is 0 Å². The van der Waals surface area contributed by atoms with Crippen LogP contribution in [0.5, 0.6) is 5.75 Å². The summed E-state index contributed by atoms with van der Waals surface area (Å²) in [5.41, 5.74) is 1.35. The van der Waals surface area contributed by atoms with E-state index in [0.29, 0.717) is 29.2 Å². The molecule has 0 aliphatic carbocycles. The molecule has 1 atom stereocenters. The molecule has 0 radical (unpaired) electrons. The first-order chi connectivity index (χ1) is 13.1. The highest BCUT2D eigenvalue weighted by Gasteiger charge is 2.19. The van der Waals surface area contributed by atoms with Gasteiger partial charge in [0.25, 0.3) is 0 Å². The molecule has 1 heterocycles. The topological polar surface area (TPSA) is 105 Å². The zero-order valence-electron chi connectivity index (χ0n) is 15.0. The van der Waals surface area contributed by atoms with Gasteiger partial charge in [-0.05, 0) is 30.7 Å². The average molecular weight is 368 g/mol. The molecule has 3 N–H and O–H groups in total. The van der Waals surface area contributed by atoms with Crippen LogP contribution in [0.3, 0.4) is 0 Å². The molecule has 3 rings (SSSR count). The van der Waals surface area contributed by atoms with Crippen molar-refractivity contribution < 1.29 is 19.1 Å². The van der Waals surface area contributed by atoms with E-state index in [2.05, 4.69) is 20.8 Å². The third-order valence-corrected chi connectivity index (χ3v) is 3.91. The number of hydrogen-bond donors (Lipinski definition) is 3. The van der Waals surface area contributed by atoms with E-state index in [9.17, 15) is 9.59 Å². The molecule has 1 unspecified atom stereocenters. The first-order valence-electron chi connectivity index (χ1n) is 8.46. The largest absolute Gasteiger partial charge is 0.479 e. The third kappa shape index (κ3) is 4.35.